The van der Waals surface area contributed by atoms with Gasteiger partial charge in [-0.2, -0.15) is 0 Å². The van der Waals surface area contributed by atoms with Gasteiger partial charge < -0.3 is 10.2 Å². The Labute approximate surface area is 164 Å². The first-order valence-corrected chi connectivity index (χ1v) is 9.44. The van der Waals surface area contributed by atoms with Gasteiger partial charge in [0.15, 0.2) is 0 Å². The highest BCUT2D eigenvalue weighted by atomic mass is 35.5. The first kappa shape index (κ1) is 19.1. The van der Waals surface area contributed by atoms with Crippen molar-refractivity contribution in [2.75, 3.05) is 24.5 Å². The number of benzodiazepines with no additional fused rings is 1. The van der Waals surface area contributed by atoms with E-state index < -0.39 is 0 Å². The van der Waals surface area contributed by atoms with Crippen molar-refractivity contribution in [3.63, 3.8) is 0 Å². The van der Waals surface area contributed by atoms with Crippen LogP contribution in [-0.2, 0) is 9.59 Å². The molecule has 0 saturated heterocycles. The molecule has 3 rings (SSSR count). The third-order valence-corrected chi connectivity index (χ3v) is 4.61. The maximum absolute atomic E-state index is 12.7. The number of rotatable bonds is 6. The molecule has 6 heteroatoms. The molecule has 0 atom stereocenters. The van der Waals surface area contributed by atoms with Gasteiger partial charge in [-0.3, -0.25) is 14.6 Å². The molecule has 0 spiro atoms. The summed E-state index contributed by atoms with van der Waals surface area (Å²) in [6.45, 7) is 2.62. The molecule has 0 aliphatic carbocycles. The van der Waals surface area contributed by atoms with Crippen molar-refractivity contribution in [2.24, 2.45) is 4.99 Å². The summed E-state index contributed by atoms with van der Waals surface area (Å²) in [4.78, 5) is 31.0. The molecule has 140 valence electrons. The van der Waals surface area contributed by atoms with Crippen LogP contribution < -0.4 is 10.2 Å². The summed E-state index contributed by atoms with van der Waals surface area (Å²) in [6.07, 6.45) is 1.91. The van der Waals surface area contributed by atoms with Crippen LogP contribution in [0.15, 0.2) is 53.5 Å². The lowest BCUT2D eigenvalue weighted by Crippen LogP contribution is -2.42. The SMILES string of the molecule is CCCCNC(=O)CN1C(=O)CN=C(c2ccccc2)c2cc(Cl)ccc21. The Hall–Kier alpha value is -2.66. The second kappa shape index (κ2) is 8.82. The number of anilines is 1. The first-order valence-electron chi connectivity index (χ1n) is 9.07. The smallest absolute Gasteiger partial charge is 0.249 e. The molecule has 2 amide bonds. The molecular weight excluding hydrogens is 362 g/mol. The van der Waals surface area contributed by atoms with Gasteiger partial charge >= 0.3 is 0 Å². The third-order valence-electron chi connectivity index (χ3n) is 4.38. The van der Waals surface area contributed by atoms with Crippen LogP contribution in [0.2, 0.25) is 5.02 Å². The molecule has 0 unspecified atom stereocenters. The van der Waals surface area contributed by atoms with E-state index >= 15 is 0 Å². The van der Waals surface area contributed by atoms with Gasteiger partial charge in [-0.25, -0.2) is 0 Å². The number of hydrogen-bond acceptors (Lipinski definition) is 3. The molecule has 0 bridgehead atoms. The summed E-state index contributed by atoms with van der Waals surface area (Å²) in [7, 11) is 0. The number of nitrogens with zero attached hydrogens (tertiary/aromatic N) is 2. The van der Waals surface area contributed by atoms with Crippen LogP contribution in [0.5, 0.6) is 0 Å². The van der Waals surface area contributed by atoms with Gasteiger partial charge in [0.2, 0.25) is 11.8 Å². The Morgan fingerprint density at radius 1 is 1.22 bits per heavy atom. The minimum atomic E-state index is -0.213. The Balaban J connectivity index is 1.95. The van der Waals surface area contributed by atoms with E-state index in [0.717, 1.165) is 24.0 Å². The van der Waals surface area contributed by atoms with Gasteiger partial charge in [0, 0.05) is 22.7 Å². The average Bonchev–Trinajstić information content (AvgIpc) is 2.80. The quantitative estimate of drug-likeness (QED) is 0.777. The molecular formula is C21H22ClN3O2. The van der Waals surface area contributed by atoms with E-state index in [1.165, 1.54) is 4.90 Å². The molecule has 5 nitrogen and oxygen atoms in total. The van der Waals surface area contributed by atoms with Gasteiger partial charge in [-0.1, -0.05) is 55.3 Å². The molecule has 2 aromatic rings. The summed E-state index contributed by atoms with van der Waals surface area (Å²) in [5, 5.41) is 3.42. The summed E-state index contributed by atoms with van der Waals surface area (Å²) in [5.41, 5.74) is 3.01. The van der Waals surface area contributed by atoms with Crippen LogP contribution in [0, 0.1) is 0 Å². The lowest BCUT2D eigenvalue weighted by atomic mass is 10.00. The van der Waals surface area contributed by atoms with Crippen LogP contribution in [0.3, 0.4) is 0 Å². The number of carbonyl (C=O) groups excluding carboxylic acids is 2. The summed E-state index contributed by atoms with van der Waals surface area (Å²) in [6, 6.07) is 15.0. The number of hydrogen-bond donors (Lipinski definition) is 1. The minimum absolute atomic E-state index is 0.0151. The fourth-order valence-corrected chi connectivity index (χ4v) is 3.18. The second-order valence-electron chi connectivity index (χ2n) is 6.38. The maximum atomic E-state index is 12.7. The monoisotopic (exact) mass is 383 g/mol. The van der Waals surface area contributed by atoms with Crippen molar-refractivity contribution in [1.29, 1.82) is 0 Å². The normalized spacial score (nSPS) is 13.6. The van der Waals surface area contributed by atoms with Crippen molar-refractivity contribution < 1.29 is 9.59 Å². The Kier molecular flexibility index (Phi) is 6.24. The number of unbranched alkanes of at least 4 members (excludes halogenated alkanes) is 1. The number of aliphatic imine (C=N–C) groups is 1. The van der Waals surface area contributed by atoms with E-state index in [2.05, 4.69) is 17.2 Å². The van der Waals surface area contributed by atoms with Crippen molar-refractivity contribution in [2.45, 2.75) is 19.8 Å². The molecule has 1 heterocycles. The fraction of sp³-hybridized carbons (Fsp3) is 0.286. The highest BCUT2D eigenvalue weighted by Crippen LogP contribution is 2.29. The van der Waals surface area contributed by atoms with Gasteiger partial charge in [0.05, 0.1) is 11.4 Å². The second-order valence-corrected chi connectivity index (χ2v) is 6.81. The predicted octanol–water partition coefficient (Wildman–Crippen LogP) is 3.44. The molecule has 2 aromatic carbocycles. The van der Waals surface area contributed by atoms with Crippen LogP contribution in [0.4, 0.5) is 5.69 Å². The van der Waals surface area contributed by atoms with Crippen LogP contribution in [0.1, 0.15) is 30.9 Å². The molecule has 0 aromatic heterocycles. The van der Waals surface area contributed by atoms with E-state index in [0.29, 0.717) is 23.0 Å². The standard InChI is InChI=1S/C21H22ClN3O2/c1-2-3-11-23-19(26)14-25-18-10-9-16(22)12-17(18)21(24-13-20(25)27)15-7-5-4-6-8-15/h4-10,12H,2-3,11,13-14H2,1H3,(H,23,26). The lowest BCUT2D eigenvalue weighted by Gasteiger charge is -2.23. The summed E-state index contributed by atoms with van der Waals surface area (Å²) >= 11 is 6.22. The molecule has 0 fully saturated rings. The molecule has 1 aliphatic heterocycles. The number of nitrogens with one attached hydrogen (secondary N) is 1. The van der Waals surface area contributed by atoms with Crippen molar-refractivity contribution in [3.8, 4) is 0 Å². The molecule has 27 heavy (non-hydrogen) atoms. The highest BCUT2D eigenvalue weighted by molar-refractivity contribution is 6.32. The van der Waals surface area contributed by atoms with Gasteiger partial charge in [-0.05, 0) is 24.6 Å². The van der Waals surface area contributed by atoms with Crippen LogP contribution >= 0.6 is 11.6 Å². The van der Waals surface area contributed by atoms with Crippen LogP contribution in [-0.4, -0.2) is 37.2 Å². The van der Waals surface area contributed by atoms with Crippen molar-refractivity contribution in [1.82, 2.24) is 5.32 Å². The zero-order chi connectivity index (χ0) is 19.2. The Morgan fingerprint density at radius 3 is 2.74 bits per heavy atom. The Morgan fingerprint density at radius 2 is 2.00 bits per heavy atom. The Bertz CT molecular complexity index is 865. The zero-order valence-electron chi connectivity index (χ0n) is 15.2. The number of halogens is 1. The molecule has 0 saturated carbocycles. The van der Waals surface area contributed by atoms with Crippen molar-refractivity contribution >= 4 is 34.8 Å². The minimum Gasteiger partial charge on any atom is -0.355 e. The third kappa shape index (κ3) is 4.55. The average molecular weight is 384 g/mol. The van der Waals surface area contributed by atoms with Gasteiger partial charge in [0.25, 0.3) is 0 Å². The van der Waals surface area contributed by atoms with Crippen LogP contribution in [0.25, 0.3) is 0 Å². The summed E-state index contributed by atoms with van der Waals surface area (Å²) in [5.74, 6) is -0.393. The van der Waals surface area contributed by atoms with E-state index in [9.17, 15) is 9.59 Å². The highest BCUT2D eigenvalue weighted by Gasteiger charge is 2.26. The topological polar surface area (TPSA) is 61.8 Å². The summed E-state index contributed by atoms with van der Waals surface area (Å²) < 4.78 is 0. The van der Waals surface area contributed by atoms with Gasteiger partial charge in [-0.15, -0.1) is 0 Å². The first-order chi connectivity index (χ1) is 13.1. The largest absolute Gasteiger partial charge is 0.355 e. The lowest BCUT2D eigenvalue weighted by molar-refractivity contribution is -0.123. The fourth-order valence-electron chi connectivity index (χ4n) is 3.01. The molecule has 0 radical (unpaired) electrons. The maximum Gasteiger partial charge on any atom is 0.249 e. The predicted molar refractivity (Wildman–Crippen MR) is 109 cm³/mol. The van der Waals surface area contributed by atoms with E-state index in [-0.39, 0.29) is 24.9 Å². The van der Waals surface area contributed by atoms with E-state index in [4.69, 9.17) is 11.6 Å². The molecule has 1 aliphatic rings. The number of amides is 2. The van der Waals surface area contributed by atoms with E-state index in [1.807, 2.05) is 30.3 Å². The van der Waals surface area contributed by atoms with Gasteiger partial charge in [0.1, 0.15) is 13.1 Å². The van der Waals surface area contributed by atoms with E-state index in [1.54, 1.807) is 18.2 Å². The zero-order valence-corrected chi connectivity index (χ0v) is 16.0. The molecule has 1 N–H and O–H groups in total. The number of benzene rings is 2. The number of fused-ring (bicyclic) bond motifs is 1. The number of carbonyl (C=O) groups is 2. The van der Waals surface area contributed by atoms with Crippen molar-refractivity contribution in [3.05, 3.63) is 64.7 Å².